The molecule has 272 valence electrons. The molecule has 49 heavy (non-hydrogen) atoms. The minimum atomic E-state index is -0.488. The van der Waals surface area contributed by atoms with Crippen LogP contribution in [0.15, 0.2) is 36.4 Å². The number of esters is 2. The lowest BCUT2D eigenvalue weighted by atomic mass is 10.2. The summed E-state index contributed by atoms with van der Waals surface area (Å²) < 4.78 is 16.9. The lowest BCUT2D eigenvalue weighted by Crippen LogP contribution is -2.50. The number of carbonyl (C=O) groups is 3. The van der Waals surface area contributed by atoms with Gasteiger partial charge < -0.3 is 34.2 Å². The largest absolute Gasteiger partial charge is 0.465 e. The van der Waals surface area contributed by atoms with E-state index in [4.69, 9.17) is 14.2 Å². The average Bonchev–Trinajstić information content (AvgIpc) is 3.68. The predicted molar refractivity (Wildman–Crippen MR) is 204 cm³/mol. The summed E-state index contributed by atoms with van der Waals surface area (Å²) in [4.78, 5) is 50.8. The van der Waals surface area contributed by atoms with E-state index < -0.39 is 5.60 Å². The van der Waals surface area contributed by atoms with Gasteiger partial charge in [-0.3, -0.25) is 0 Å². The summed E-state index contributed by atoms with van der Waals surface area (Å²) in [6.45, 7) is 12.1. The van der Waals surface area contributed by atoms with E-state index in [-0.39, 0.29) is 47.7 Å². The summed E-state index contributed by atoms with van der Waals surface area (Å²) in [6, 6.07) is 10.8. The maximum atomic E-state index is 12.2. The first-order valence-electron chi connectivity index (χ1n) is 14.7. The first-order valence-corrected chi connectivity index (χ1v) is 16.3. The molecule has 2 saturated heterocycles. The van der Waals surface area contributed by atoms with Gasteiger partial charge in [-0.05, 0) is 57.2 Å². The molecule has 0 aliphatic carbocycles. The second-order valence-corrected chi connectivity index (χ2v) is 13.6. The van der Waals surface area contributed by atoms with E-state index in [2.05, 4.69) is 25.1 Å². The number of benzene rings is 2. The monoisotopic (exact) mass is 718 g/mol. The third-order valence-electron chi connectivity index (χ3n) is 7.19. The molecule has 2 fully saturated rings. The van der Waals surface area contributed by atoms with E-state index in [1.165, 1.54) is 25.6 Å². The molecule has 0 spiro atoms. The van der Waals surface area contributed by atoms with Crippen LogP contribution in [0.1, 0.15) is 71.2 Å². The van der Waals surface area contributed by atoms with Gasteiger partial charge in [0.1, 0.15) is 5.60 Å². The van der Waals surface area contributed by atoms with Crippen molar-refractivity contribution in [3.63, 3.8) is 0 Å². The zero-order valence-electron chi connectivity index (χ0n) is 26.1. The number of amides is 1. The van der Waals surface area contributed by atoms with Crippen LogP contribution < -0.4 is 15.1 Å². The second kappa shape index (κ2) is 18.7. The summed E-state index contributed by atoms with van der Waals surface area (Å²) in [5, 5.41) is 5.24. The van der Waals surface area contributed by atoms with Crippen molar-refractivity contribution in [1.82, 2.24) is 20.2 Å². The zero-order valence-corrected chi connectivity index (χ0v) is 27.8. The second-order valence-electron chi connectivity index (χ2n) is 11.5. The van der Waals surface area contributed by atoms with Crippen LogP contribution in [0.4, 0.5) is 15.1 Å². The Morgan fingerprint density at radius 3 is 1.53 bits per heavy atom. The molecule has 6 rings (SSSR count). The Morgan fingerprint density at radius 2 is 1.12 bits per heavy atom. The Hall–Kier alpha value is -4.01. The Bertz CT molecular complexity index is 1670. The molecule has 0 bridgehead atoms. The molecule has 14 heteroatoms. The minimum absolute atomic E-state index is 0. The van der Waals surface area contributed by atoms with Crippen LogP contribution in [-0.2, 0) is 14.2 Å². The summed E-state index contributed by atoms with van der Waals surface area (Å²) >= 11 is 3.16. The molecule has 1 N–H and O–H groups in total. The van der Waals surface area contributed by atoms with Crippen molar-refractivity contribution >= 4 is 71.4 Å². The van der Waals surface area contributed by atoms with Crippen molar-refractivity contribution in [2.24, 2.45) is 0 Å². The first kappa shape index (κ1) is 43.0. The molecule has 1 amide bonds. The van der Waals surface area contributed by atoms with E-state index in [1.807, 2.05) is 39.0 Å². The van der Waals surface area contributed by atoms with Crippen molar-refractivity contribution in [2.45, 2.75) is 56.1 Å². The van der Waals surface area contributed by atoms with Crippen molar-refractivity contribution in [2.75, 3.05) is 76.4 Å². The van der Waals surface area contributed by atoms with Crippen LogP contribution in [0.3, 0.4) is 0 Å². The van der Waals surface area contributed by atoms with Gasteiger partial charge in [-0.25, -0.2) is 24.4 Å². The molecule has 0 atom stereocenters. The molecule has 0 radical (unpaired) electrons. The van der Waals surface area contributed by atoms with E-state index in [9.17, 15) is 14.4 Å². The number of methoxy groups -OCH3 is 2. The first-order chi connectivity index (χ1) is 21.5. The summed E-state index contributed by atoms with van der Waals surface area (Å²) in [5.41, 5.74) is 2.40. The van der Waals surface area contributed by atoms with Crippen LogP contribution in [-0.4, -0.2) is 105 Å². The SMILES string of the molecule is C.C.C.C.COC(=O)c1ccc2nc(N3CCN(C(=O)OC(C)(C)C)CC3)sc2c1.COC(=O)c1ccc2nc(N3CCNCC3)sc2c1. The van der Waals surface area contributed by atoms with Crippen LogP contribution in [0.2, 0.25) is 0 Å². The van der Waals surface area contributed by atoms with E-state index in [1.54, 1.807) is 34.4 Å². The summed E-state index contributed by atoms with van der Waals surface area (Å²) in [6.07, 6.45) is -0.274. The molecule has 12 nitrogen and oxygen atoms in total. The molecule has 2 aromatic heterocycles. The summed E-state index contributed by atoms with van der Waals surface area (Å²) in [5.74, 6) is -0.660. The van der Waals surface area contributed by atoms with Crippen LogP contribution in [0, 0.1) is 0 Å². The Kier molecular flexibility index (Phi) is 16.4. The molecular weight excluding hydrogens is 665 g/mol. The number of carbonyl (C=O) groups excluding carboxylic acids is 3. The van der Waals surface area contributed by atoms with Gasteiger partial charge in [0.15, 0.2) is 10.3 Å². The number of nitrogens with one attached hydrogen (secondary N) is 1. The maximum absolute atomic E-state index is 12.2. The van der Waals surface area contributed by atoms with E-state index in [0.29, 0.717) is 37.3 Å². The van der Waals surface area contributed by atoms with Crippen molar-refractivity contribution in [3.05, 3.63) is 47.5 Å². The van der Waals surface area contributed by atoms with Gasteiger partial charge in [-0.1, -0.05) is 52.4 Å². The molecule has 4 aromatic rings. The lowest BCUT2D eigenvalue weighted by Gasteiger charge is -2.35. The van der Waals surface area contributed by atoms with Crippen molar-refractivity contribution in [1.29, 1.82) is 0 Å². The number of fused-ring (bicyclic) bond motifs is 2. The van der Waals surface area contributed by atoms with Crippen LogP contribution in [0.5, 0.6) is 0 Å². The third-order valence-corrected chi connectivity index (χ3v) is 9.34. The molecule has 2 aliphatic heterocycles. The standard InChI is InChI=1S/C18H23N3O4S.C13H15N3O2S.4CH4/c1-18(2,3)25-17(23)21-9-7-20(8-10-21)16-19-13-6-5-12(15(22)24-4)11-14(13)26-16;1-18-12(17)9-2-3-10-11(8-9)19-13(15-10)16-6-4-14-5-7-16;;;;/h5-6,11H,7-10H2,1-4H3;2-3,8,14H,4-7H2,1H3;4*1H4. The van der Waals surface area contributed by atoms with Gasteiger partial charge in [0.25, 0.3) is 0 Å². The van der Waals surface area contributed by atoms with Gasteiger partial charge in [-0.2, -0.15) is 0 Å². The minimum Gasteiger partial charge on any atom is -0.465 e. The molecule has 4 heterocycles. The zero-order chi connectivity index (χ0) is 32.1. The molecule has 0 unspecified atom stereocenters. The Morgan fingerprint density at radius 1 is 0.694 bits per heavy atom. The molecule has 2 aromatic carbocycles. The highest BCUT2D eigenvalue weighted by molar-refractivity contribution is 7.22. The highest BCUT2D eigenvalue weighted by atomic mass is 32.1. The van der Waals surface area contributed by atoms with Gasteiger partial charge in [0.2, 0.25) is 0 Å². The van der Waals surface area contributed by atoms with Crippen molar-refractivity contribution in [3.8, 4) is 0 Å². The quantitative estimate of drug-likeness (QED) is 0.170. The molecular formula is C35H54N6O6S2. The molecule has 2 aliphatic rings. The fourth-order valence-corrected chi connectivity index (χ4v) is 6.96. The number of ether oxygens (including phenoxy) is 3. The average molecular weight is 719 g/mol. The predicted octanol–water partition coefficient (Wildman–Crippen LogP) is 7.18. The number of thiazole rings is 2. The smallest absolute Gasteiger partial charge is 0.410 e. The Balaban J connectivity index is 0.000000470. The number of piperazine rings is 2. The number of rotatable bonds is 4. The van der Waals surface area contributed by atoms with Gasteiger partial charge in [0.05, 0.1) is 45.8 Å². The lowest BCUT2D eigenvalue weighted by molar-refractivity contribution is 0.0240. The third kappa shape index (κ3) is 10.7. The topological polar surface area (TPSA) is 126 Å². The number of anilines is 2. The molecule has 0 saturated carbocycles. The highest BCUT2D eigenvalue weighted by Gasteiger charge is 2.27. The number of hydrogen-bond acceptors (Lipinski definition) is 13. The number of nitrogens with zero attached hydrogens (tertiary/aromatic N) is 5. The van der Waals surface area contributed by atoms with Crippen LogP contribution >= 0.6 is 22.7 Å². The van der Waals surface area contributed by atoms with E-state index in [0.717, 1.165) is 56.9 Å². The normalized spacial score (nSPS) is 14.2. The number of hydrogen-bond donors (Lipinski definition) is 1. The van der Waals surface area contributed by atoms with Gasteiger partial charge in [-0.15, -0.1) is 0 Å². The Labute approximate surface area is 299 Å². The number of aromatic nitrogens is 2. The summed E-state index contributed by atoms with van der Waals surface area (Å²) in [7, 11) is 2.76. The van der Waals surface area contributed by atoms with Gasteiger partial charge in [0, 0.05) is 52.4 Å². The fourth-order valence-electron chi connectivity index (χ4n) is 4.85. The van der Waals surface area contributed by atoms with Crippen molar-refractivity contribution < 1.29 is 28.6 Å². The maximum Gasteiger partial charge on any atom is 0.410 e. The van der Waals surface area contributed by atoms with Gasteiger partial charge >= 0.3 is 18.0 Å². The van der Waals surface area contributed by atoms with Crippen LogP contribution in [0.25, 0.3) is 20.4 Å². The van der Waals surface area contributed by atoms with E-state index >= 15 is 0 Å². The fraction of sp³-hybridized carbons (Fsp3) is 0.514. The highest BCUT2D eigenvalue weighted by Crippen LogP contribution is 2.31.